The van der Waals surface area contributed by atoms with Gasteiger partial charge >= 0.3 is 17.9 Å². The molecule has 0 aromatic rings. The van der Waals surface area contributed by atoms with Gasteiger partial charge < -0.3 is 14.2 Å². The van der Waals surface area contributed by atoms with Gasteiger partial charge in [-0.25, -0.2) is 0 Å². The van der Waals surface area contributed by atoms with Crippen LogP contribution in [0.15, 0.2) is 0 Å². The Labute approximate surface area is 380 Å². The molecule has 0 saturated carbocycles. The molecule has 0 fully saturated rings. The lowest BCUT2D eigenvalue weighted by Gasteiger charge is -2.18. The summed E-state index contributed by atoms with van der Waals surface area (Å²) in [7, 11) is 0. The van der Waals surface area contributed by atoms with Gasteiger partial charge in [0.15, 0.2) is 6.10 Å². The van der Waals surface area contributed by atoms with Crippen molar-refractivity contribution in [2.45, 2.75) is 310 Å². The normalized spacial score (nSPS) is 12.5. The Morgan fingerprint density at radius 3 is 0.934 bits per heavy atom. The monoisotopic (exact) mass is 863 g/mol. The minimum Gasteiger partial charge on any atom is -0.462 e. The van der Waals surface area contributed by atoms with Gasteiger partial charge in [-0.3, -0.25) is 14.4 Å². The molecule has 0 spiro atoms. The summed E-state index contributed by atoms with van der Waals surface area (Å²) in [5, 5.41) is 0. The first-order valence-corrected chi connectivity index (χ1v) is 27.3. The van der Waals surface area contributed by atoms with Crippen LogP contribution in [0.25, 0.3) is 0 Å². The van der Waals surface area contributed by atoms with Crippen molar-refractivity contribution in [3.63, 3.8) is 0 Å². The van der Waals surface area contributed by atoms with Crippen LogP contribution in [-0.2, 0) is 28.6 Å². The number of unbranched alkanes of at least 4 members (excludes halogenated alkanes) is 33. The lowest BCUT2D eigenvalue weighted by atomic mass is 9.99. The van der Waals surface area contributed by atoms with E-state index in [4.69, 9.17) is 14.2 Å². The predicted molar refractivity (Wildman–Crippen MR) is 261 cm³/mol. The molecule has 6 nitrogen and oxygen atoms in total. The summed E-state index contributed by atoms with van der Waals surface area (Å²) in [6, 6.07) is 0. The van der Waals surface area contributed by atoms with Crippen molar-refractivity contribution >= 4 is 17.9 Å². The SMILES string of the molecule is CCCCCCCCCC(=O)OC[C@H](COC(=O)CCCCCCCCCCCCCCCCCC(C)C)OC(=O)CCCCCCCCCCCCCCCCC(C)CC. The summed E-state index contributed by atoms with van der Waals surface area (Å²) in [6.07, 6.45) is 49.6. The zero-order chi connectivity index (χ0) is 44.7. The van der Waals surface area contributed by atoms with E-state index in [1.165, 1.54) is 193 Å². The van der Waals surface area contributed by atoms with Crippen molar-refractivity contribution in [1.29, 1.82) is 0 Å². The molecule has 0 heterocycles. The number of rotatable bonds is 49. The summed E-state index contributed by atoms with van der Waals surface area (Å²) >= 11 is 0. The second kappa shape index (κ2) is 47.9. The van der Waals surface area contributed by atoms with E-state index < -0.39 is 6.10 Å². The number of esters is 3. The van der Waals surface area contributed by atoms with Gasteiger partial charge in [-0.15, -0.1) is 0 Å². The first-order chi connectivity index (χ1) is 29.8. The third kappa shape index (κ3) is 47.7. The smallest absolute Gasteiger partial charge is 0.306 e. The summed E-state index contributed by atoms with van der Waals surface area (Å²) in [6.45, 7) is 11.4. The molecule has 0 aliphatic heterocycles. The summed E-state index contributed by atoms with van der Waals surface area (Å²) < 4.78 is 16.8. The van der Waals surface area contributed by atoms with E-state index in [9.17, 15) is 14.4 Å². The average molecular weight is 863 g/mol. The molecule has 2 atom stereocenters. The number of carbonyl (C=O) groups is 3. The molecule has 0 aromatic carbocycles. The zero-order valence-electron chi connectivity index (χ0n) is 41.8. The molecule has 0 rings (SSSR count). The molecular formula is C55H106O6. The van der Waals surface area contributed by atoms with Crippen molar-refractivity contribution in [1.82, 2.24) is 0 Å². The molecule has 61 heavy (non-hydrogen) atoms. The van der Waals surface area contributed by atoms with Crippen LogP contribution < -0.4 is 0 Å². The second-order valence-electron chi connectivity index (χ2n) is 19.6. The molecule has 0 aliphatic carbocycles. The van der Waals surface area contributed by atoms with Crippen LogP contribution in [0.5, 0.6) is 0 Å². The van der Waals surface area contributed by atoms with Crippen LogP contribution in [0.1, 0.15) is 304 Å². The Hall–Kier alpha value is -1.59. The van der Waals surface area contributed by atoms with Crippen LogP contribution in [0, 0.1) is 11.8 Å². The predicted octanol–water partition coefficient (Wildman–Crippen LogP) is 17.7. The third-order valence-electron chi connectivity index (χ3n) is 12.8. The van der Waals surface area contributed by atoms with Crippen LogP contribution in [-0.4, -0.2) is 37.2 Å². The lowest BCUT2D eigenvalue weighted by Crippen LogP contribution is -2.30. The number of ether oxygens (including phenoxy) is 3. The highest BCUT2D eigenvalue weighted by Gasteiger charge is 2.19. The van der Waals surface area contributed by atoms with Crippen molar-refractivity contribution in [3.05, 3.63) is 0 Å². The highest BCUT2D eigenvalue weighted by Crippen LogP contribution is 2.18. The van der Waals surface area contributed by atoms with Crippen molar-refractivity contribution in [3.8, 4) is 0 Å². The third-order valence-corrected chi connectivity index (χ3v) is 12.8. The fraction of sp³-hybridized carbons (Fsp3) is 0.945. The number of hydrogen-bond donors (Lipinski definition) is 0. The highest BCUT2D eigenvalue weighted by molar-refractivity contribution is 5.71. The van der Waals surface area contributed by atoms with E-state index in [2.05, 4.69) is 34.6 Å². The maximum Gasteiger partial charge on any atom is 0.306 e. The van der Waals surface area contributed by atoms with Gasteiger partial charge in [-0.1, -0.05) is 266 Å². The van der Waals surface area contributed by atoms with E-state index in [1.54, 1.807) is 0 Å². The maximum absolute atomic E-state index is 12.8. The summed E-state index contributed by atoms with van der Waals surface area (Å²) in [5.41, 5.74) is 0. The molecule has 0 amide bonds. The Balaban J connectivity index is 4.17. The van der Waals surface area contributed by atoms with Crippen LogP contribution in [0.4, 0.5) is 0 Å². The largest absolute Gasteiger partial charge is 0.462 e. The van der Waals surface area contributed by atoms with Gasteiger partial charge in [0.2, 0.25) is 0 Å². The van der Waals surface area contributed by atoms with Gasteiger partial charge in [0.1, 0.15) is 13.2 Å². The van der Waals surface area contributed by atoms with Crippen molar-refractivity contribution in [2.24, 2.45) is 11.8 Å². The second-order valence-corrected chi connectivity index (χ2v) is 19.6. The zero-order valence-corrected chi connectivity index (χ0v) is 41.8. The van der Waals surface area contributed by atoms with Gasteiger partial charge in [-0.2, -0.15) is 0 Å². The Kier molecular flexibility index (Phi) is 46.6. The fourth-order valence-electron chi connectivity index (χ4n) is 8.31. The Morgan fingerprint density at radius 2 is 0.623 bits per heavy atom. The maximum atomic E-state index is 12.8. The molecule has 1 unspecified atom stereocenters. The minimum atomic E-state index is -0.761. The van der Waals surface area contributed by atoms with Crippen molar-refractivity contribution in [2.75, 3.05) is 13.2 Å². The molecular weight excluding hydrogens is 757 g/mol. The minimum absolute atomic E-state index is 0.0635. The number of carbonyl (C=O) groups excluding carboxylic acids is 3. The molecule has 0 aliphatic rings. The molecule has 0 aromatic heterocycles. The van der Waals surface area contributed by atoms with E-state index in [0.717, 1.165) is 69.6 Å². The molecule has 0 N–H and O–H groups in total. The Bertz CT molecular complexity index is 933. The molecule has 0 radical (unpaired) electrons. The lowest BCUT2D eigenvalue weighted by molar-refractivity contribution is -0.167. The van der Waals surface area contributed by atoms with Crippen molar-refractivity contribution < 1.29 is 28.6 Å². The first-order valence-electron chi connectivity index (χ1n) is 27.3. The molecule has 6 heteroatoms. The van der Waals surface area contributed by atoms with Crippen LogP contribution >= 0.6 is 0 Å². The molecule has 0 bridgehead atoms. The van der Waals surface area contributed by atoms with E-state index in [0.29, 0.717) is 19.3 Å². The van der Waals surface area contributed by atoms with Gasteiger partial charge in [0.05, 0.1) is 0 Å². The number of hydrogen-bond acceptors (Lipinski definition) is 6. The highest BCUT2D eigenvalue weighted by atomic mass is 16.6. The summed E-state index contributed by atoms with van der Waals surface area (Å²) in [5.74, 6) is 0.893. The molecule has 0 saturated heterocycles. The van der Waals surface area contributed by atoms with Crippen LogP contribution in [0.3, 0.4) is 0 Å². The van der Waals surface area contributed by atoms with Gasteiger partial charge in [-0.05, 0) is 31.1 Å². The van der Waals surface area contributed by atoms with E-state index in [-0.39, 0.29) is 31.1 Å². The average Bonchev–Trinajstić information content (AvgIpc) is 3.24. The van der Waals surface area contributed by atoms with Gasteiger partial charge in [0, 0.05) is 19.3 Å². The topological polar surface area (TPSA) is 78.9 Å². The quantitative estimate of drug-likeness (QED) is 0.0344. The van der Waals surface area contributed by atoms with Gasteiger partial charge in [0.25, 0.3) is 0 Å². The Morgan fingerprint density at radius 1 is 0.344 bits per heavy atom. The first kappa shape index (κ1) is 59.4. The van der Waals surface area contributed by atoms with E-state index >= 15 is 0 Å². The standard InChI is InChI=1S/C55H106O6/c1-6-8-9-10-28-35-40-45-53(56)59-48-52(61-55(58)47-42-37-32-27-23-19-15-14-17-21-25-30-34-39-44-51(5)7-2)49-60-54(57)46-41-36-31-26-22-18-13-11-12-16-20-24-29-33-38-43-50(3)4/h50-52H,6-49H2,1-5H3/t51?,52-/m1/s1. The summed E-state index contributed by atoms with van der Waals surface area (Å²) in [4.78, 5) is 37.9. The fourth-order valence-corrected chi connectivity index (χ4v) is 8.31. The van der Waals surface area contributed by atoms with Crippen LogP contribution in [0.2, 0.25) is 0 Å². The van der Waals surface area contributed by atoms with E-state index in [1.807, 2.05) is 0 Å². The molecule has 362 valence electrons.